The van der Waals surface area contributed by atoms with Crippen LogP contribution in [0.15, 0.2) is 173 Å². The number of fused-ring (bicyclic) bond motifs is 12. The van der Waals surface area contributed by atoms with Gasteiger partial charge >= 0.3 is 0 Å². The number of furan rings is 1. The Morgan fingerprint density at radius 3 is 2.15 bits per heavy atom. The van der Waals surface area contributed by atoms with Gasteiger partial charge in [-0.05, 0) is 125 Å². The van der Waals surface area contributed by atoms with E-state index >= 15 is 0 Å². The molecule has 13 rings (SSSR count). The zero-order chi connectivity index (χ0) is 44.4. The molecule has 0 bridgehead atoms. The van der Waals surface area contributed by atoms with Crippen molar-refractivity contribution in [3.05, 3.63) is 203 Å². The Balaban J connectivity index is 0.967. The quantitative estimate of drug-likeness (QED) is 0.173. The highest BCUT2D eigenvalue weighted by Crippen LogP contribution is 2.54. The first-order chi connectivity index (χ1) is 32.3. The average molecular weight is 858 g/mol. The van der Waals surface area contributed by atoms with Gasteiger partial charge in [0, 0.05) is 50.5 Å². The normalized spacial score (nSPS) is 23.0. The van der Waals surface area contributed by atoms with Crippen LogP contribution in [0.3, 0.4) is 0 Å². The van der Waals surface area contributed by atoms with Gasteiger partial charge in [0.25, 0.3) is 0 Å². The SMILES string of the molecule is CCC1CC(C2c3ccccc3-c3ccccc3C2C)N(C)C(c2ccc(-n3c4ccccc4c4cc5c(cc43)C(C)(C)c3ccccc3-5)cc2)N=C1C1CC=Cc2c1oc1ccccc21. The molecule has 0 amide bonds. The number of aliphatic imine (C=N–C) groups is 1. The van der Waals surface area contributed by atoms with Crippen LogP contribution in [0, 0.1) is 5.92 Å². The van der Waals surface area contributed by atoms with Gasteiger partial charge in [0.05, 0.1) is 17.0 Å². The van der Waals surface area contributed by atoms with Crippen molar-refractivity contribution < 1.29 is 4.42 Å². The van der Waals surface area contributed by atoms with Gasteiger partial charge in [-0.3, -0.25) is 9.89 Å². The zero-order valence-electron chi connectivity index (χ0n) is 38.5. The fourth-order valence-corrected chi connectivity index (χ4v) is 13.2. The van der Waals surface area contributed by atoms with Gasteiger partial charge in [-0.1, -0.05) is 161 Å². The molecule has 66 heavy (non-hydrogen) atoms. The molecule has 0 N–H and O–H groups in total. The van der Waals surface area contributed by atoms with Crippen LogP contribution in [-0.4, -0.2) is 28.3 Å². The second kappa shape index (κ2) is 14.9. The Morgan fingerprint density at radius 1 is 0.667 bits per heavy atom. The summed E-state index contributed by atoms with van der Waals surface area (Å²) in [5.41, 5.74) is 19.4. The standard InChI is InChI=1S/C62H55N3O/c1-6-38-34-56(58-37(2)41-18-7-8-19-42(41)43-20-9-10-24-47(43)58)64(5)61(63-59(38)49-26-17-25-48-46-23-13-16-29-57(46)66-60(48)49)39-30-32-40(33-31-39)65-54-28-15-12-22-45(54)51-35-50-44-21-11-14-27-52(44)62(3,4)53(50)36-55(51)65/h7-25,27-33,35-38,49,56,58,61H,6,26,34H2,1-5H3. The number of nitrogens with zero attached hydrogens (tertiary/aromatic N) is 3. The first kappa shape index (κ1) is 39.6. The molecule has 1 aliphatic heterocycles. The van der Waals surface area contributed by atoms with Crippen LogP contribution < -0.4 is 0 Å². The minimum absolute atomic E-state index is 0.0720. The van der Waals surface area contributed by atoms with Crippen molar-refractivity contribution in [2.24, 2.45) is 10.9 Å². The summed E-state index contributed by atoms with van der Waals surface area (Å²) in [5.74, 6) is 2.04. The first-order valence-electron chi connectivity index (χ1n) is 24.2. The molecule has 0 saturated carbocycles. The summed E-state index contributed by atoms with van der Waals surface area (Å²) in [6, 6.07) is 59.4. The Bertz CT molecular complexity index is 3470. The van der Waals surface area contributed by atoms with Gasteiger partial charge < -0.3 is 8.98 Å². The first-order valence-corrected chi connectivity index (χ1v) is 24.2. The minimum Gasteiger partial charge on any atom is -0.460 e. The van der Waals surface area contributed by atoms with Gasteiger partial charge in [-0.15, -0.1) is 0 Å². The third kappa shape index (κ3) is 5.70. The molecule has 0 radical (unpaired) electrons. The molecule has 324 valence electrons. The van der Waals surface area contributed by atoms with Gasteiger partial charge in [-0.2, -0.15) is 0 Å². The lowest BCUT2D eigenvalue weighted by Crippen LogP contribution is -2.42. The second-order valence-electron chi connectivity index (χ2n) is 20.1. The van der Waals surface area contributed by atoms with E-state index in [1.165, 1.54) is 88.5 Å². The topological polar surface area (TPSA) is 33.7 Å². The Labute approximate surface area is 387 Å². The van der Waals surface area contributed by atoms with E-state index in [1.54, 1.807) is 0 Å². The molecule has 9 aromatic rings. The van der Waals surface area contributed by atoms with E-state index in [4.69, 9.17) is 9.41 Å². The predicted octanol–water partition coefficient (Wildman–Crippen LogP) is 15.8. The number of allylic oxidation sites excluding steroid dienone is 1. The molecular weight excluding hydrogens is 803 g/mol. The maximum Gasteiger partial charge on any atom is 0.134 e. The molecule has 2 aromatic heterocycles. The molecule has 4 aliphatic rings. The van der Waals surface area contributed by atoms with Crippen molar-refractivity contribution in [1.82, 2.24) is 9.47 Å². The summed E-state index contributed by atoms with van der Waals surface area (Å²) < 4.78 is 9.33. The fourth-order valence-electron chi connectivity index (χ4n) is 13.2. The van der Waals surface area contributed by atoms with E-state index in [-0.39, 0.29) is 35.4 Å². The van der Waals surface area contributed by atoms with E-state index in [0.29, 0.717) is 5.92 Å². The molecule has 0 fully saturated rings. The van der Waals surface area contributed by atoms with Crippen molar-refractivity contribution in [3.63, 3.8) is 0 Å². The number of likely N-dealkylation sites (N-methyl/N-ethyl adjacent to an activating group) is 1. The van der Waals surface area contributed by atoms with E-state index < -0.39 is 0 Å². The summed E-state index contributed by atoms with van der Waals surface area (Å²) in [4.78, 5) is 8.70. The smallest absolute Gasteiger partial charge is 0.134 e. The number of aromatic nitrogens is 1. The third-order valence-electron chi connectivity index (χ3n) is 16.4. The third-order valence-corrected chi connectivity index (χ3v) is 16.4. The monoisotopic (exact) mass is 857 g/mol. The highest BCUT2D eigenvalue weighted by Gasteiger charge is 2.45. The second-order valence-corrected chi connectivity index (χ2v) is 20.1. The van der Waals surface area contributed by atoms with Crippen molar-refractivity contribution in [2.45, 2.75) is 82.3 Å². The molecule has 4 nitrogen and oxygen atoms in total. The average Bonchev–Trinajstić information content (AvgIpc) is 3.94. The largest absolute Gasteiger partial charge is 0.460 e. The molecule has 7 aromatic carbocycles. The van der Waals surface area contributed by atoms with Gasteiger partial charge in [0.1, 0.15) is 17.5 Å². The number of hydrogen-bond donors (Lipinski definition) is 0. The van der Waals surface area contributed by atoms with Crippen LogP contribution in [0.5, 0.6) is 0 Å². The Morgan fingerprint density at radius 2 is 1.35 bits per heavy atom. The lowest BCUT2D eigenvalue weighted by atomic mass is 9.67. The number of benzene rings is 7. The Hall–Kier alpha value is -6.75. The van der Waals surface area contributed by atoms with Gasteiger partial charge in [0.15, 0.2) is 0 Å². The van der Waals surface area contributed by atoms with Crippen molar-refractivity contribution in [3.8, 4) is 27.9 Å². The maximum absolute atomic E-state index is 6.84. The van der Waals surface area contributed by atoms with Crippen LogP contribution in [0.4, 0.5) is 0 Å². The van der Waals surface area contributed by atoms with Crippen LogP contribution in [0.2, 0.25) is 0 Å². The molecule has 6 atom stereocenters. The molecule has 3 aliphatic carbocycles. The summed E-state index contributed by atoms with van der Waals surface area (Å²) >= 11 is 0. The van der Waals surface area contributed by atoms with Crippen LogP contribution in [-0.2, 0) is 5.41 Å². The van der Waals surface area contributed by atoms with E-state index in [9.17, 15) is 0 Å². The van der Waals surface area contributed by atoms with Gasteiger partial charge in [0.2, 0.25) is 0 Å². The number of para-hydroxylation sites is 2. The van der Waals surface area contributed by atoms with Crippen molar-refractivity contribution >= 4 is 44.6 Å². The van der Waals surface area contributed by atoms with Crippen molar-refractivity contribution in [1.29, 1.82) is 0 Å². The number of rotatable bonds is 5. The number of hydrogen-bond acceptors (Lipinski definition) is 3. The minimum atomic E-state index is -0.188. The van der Waals surface area contributed by atoms with E-state index in [1.807, 2.05) is 0 Å². The molecule has 4 heteroatoms. The van der Waals surface area contributed by atoms with E-state index in [2.05, 4.69) is 214 Å². The van der Waals surface area contributed by atoms with Crippen LogP contribution in [0.1, 0.15) is 110 Å². The predicted molar refractivity (Wildman–Crippen MR) is 274 cm³/mol. The summed E-state index contributed by atoms with van der Waals surface area (Å²) in [5, 5.41) is 3.76. The fraction of sp³-hybridized carbons (Fsp3) is 0.242. The summed E-state index contributed by atoms with van der Waals surface area (Å²) in [6.07, 6.45) is 7.37. The Kier molecular flexibility index (Phi) is 8.93. The molecule has 0 spiro atoms. The van der Waals surface area contributed by atoms with E-state index in [0.717, 1.165) is 36.3 Å². The molecule has 0 saturated heterocycles. The molecule has 6 unspecified atom stereocenters. The van der Waals surface area contributed by atoms with Crippen molar-refractivity contribution in [2.75, 3.05) is 7.05 Å². The highest BCUT2D eigenvalue weighted by molar-refractivity contribution is 6.11. The van der Waals surface area contributed by atoms with Crippen LogP contribution >= 0.6 is 0 Å². The molecular formula is C62H55N3O. The highest BCUT2D eigenvalue weighted by atomic mass is 16.3. The lowest BCUT2D eigenvalue weighted by molar-refractivity contribution is 0.135. The zero-order valence-corrected chi connectivity index (χ0v) is 38.5. The van der Waals surface area contributed by atoms with Crippen LogP contribution in [0.25, 0.3) is 66.8 Å². The van der Waals surface area contributed by atoms with Gasteiger partial charge in [-0.25, -0.2) is 0 Å². The maximum atomic E-state index is 6.84. The summed E-state index contributed by atoms with van der Waals surface area (Å²) in [7, 11) is 2.36. The lowest BCUT2D eigenvalue weighted by Gasteiger charge is -2.44. The summed E-state index contributed by atoms with van der Waals surface area (Å²) in [6.45, 7) is 9.60. The molecule has 3 heterocycles.